The van der Waals surface area contributed by atoms with E-state index in [4.69, 9.17) is 0 Å². The second-order valence-corrected chi connectivity index (χ2v) is 10.8. The third-order valence-corrected chi connectivity index (χ3v) is 6.89. The van der Waals surface area contributed by atoms with Gasteiger partial charge in [-0.1, -0.05) is 26.0 Å². The molecule has 1 heterocycles. The van der Waals surface area contributed by atoms with Crippen LogP contribution in [0.25, 0.3) is 0 Å². The molecule has 0 bridgehead atoms. The molecule has 0 radical (unpaired) electrons. The molecule has 1 aliphatic rings. The van der Waals surface area contributed by atoms with E-state index in [2.05, 4.69) is 26.7 Å². The Labute approximate surface area is 183 Å². The van der Waals surface area contributed by atoms with Crippen molar-refractivity contribution in [2.24, 2.45) is 5.41 Å². The topological polar surface area (TPSA) is 128 Å². The summed E-state index contributed by atoms with van der Waals surface area (Å²) < 4.78 is 23.1. The number of nitrogens with one attached hydrogen (secondary N) is 2. The molecule has 0 unspecified atom stereocenters. The third-order valence-electron chi connectivity index (χ3n) is 5.76. The summed E-state index contributed by atoms with van der Waals surface area (Å²) in [5, 5.41) is 26.1. The zero-order valence-electron chi connectivity index (χ0n) is 18.1. The first-order chi connectivity index (χ1) is 14.6. The fourth-order valence-corrected chi connectivity index (χ4v) is 4.45. The smallest absolute Gasteiger partial charge is 0.224 e. The number of anilines is 2. The Morgan fingerprint density at radius 3 is 2.58 bits per heavy atom. The van der Waals surface area contributed by atoms with Crippen LogP contribution in [0.15, 0.2) is 35.4 Å². The van der Waals surface area contributed by atoms with Crippen LogP contribution in [0.5, 0.6) is 0 Å². The van der Waals surface area contributed by atoms with Crippen LogP contribution in [-0.4, -0.2) is 48.4 Å². The predicted octanol–water partition coefficient (Wildman–Crippen LogP) is 2.76. The van der Waals surface area contributed by atoms with Gasteiger partial charge in [0.15, 0.2) is 9.84 Å². The number of sulfone groups is 1. The van der Waals surface area contributed by atoms with E-state index in [1.807, 2.05) is 13.8 Å². The molecule has 31 heavy (non-hydrogen) atoms. The van der Waals surface area contributed by atoms with Gasteiger partial charge in [-0.25, -0.2) is 13.4 Å². The highest BCUT2D eigenvalue weighted by atomic mass is 32.2. The first kappa shape index (κ1) is 23.0. The minimum atomic E-state index is -3.20. The van der Waals surface area contributed by atoms with Crippen molar-refractivity contribution in [2.45, 2.75) is 56.6 Å². The van der Waals surface area contributed by atoms with Gasteiger partial charge in [-0.15, -0.1) is 0 Å². The summed E-state index contributed by atoms with van der Waals surface area (Å²) in [7, 11) is -3.20. The Balaban J connectivity index is 1.62. The van der Waals surface area contributed by atoms with E-state index in [9.17, 15) is 18.8 Å². The number of rotatable bonds is 7. The molecule has 9 heteroatoms. The van der Waals surface area contributed by atoms with E-state index >= 15 is 0 Å². The lowest BCUT2D eigenvalue weighted by atomic mass is 9.73. The van der Waals surface area contributed by atoms with Crippen LogP contribution in [0, 0.1) is 16.7 Å². The SMILES string of the molecule is CC1(C)C[C@H](Nc2nc(NCCc3ccc(S(C)(=O)=O)cc3)ncc2C#N)CC[C@@H]1O. The Morgan fingerprint density at radius 1 is 1.26 bits per heavy atom. The Kier molecular flexibility index (Phi) is 6.82. The monoisotopic (exact) mass is 443 g/mol. The minimum Gasteiger partial charge on any atom is -0.393 e. The van der Waals surface area contributed by atoms with Crippen LogP contribution in [0.2, 0.25) is 0 Å². The standard InChI is InChI=1S/C22H29N5O3S/c1-22(2)12-17(6-9-19(22)28)26-20-16(13-23)14-25-21(27-20)24-11-10-15-4-7-18(8-5-15)31(3,29)30/h4-5,7-8,14,17,19,28H,6,9-12H2,1-3H3,(H2,24,25,26,27)/t17-,19+/m1/s1. The van der Waals surface area contributed by atoms with Crippen LogP contribution >= 0.6 is 0 Å². The normalized spacial score (nSPS) is 20.6. The number of hydrogen-bond acceptors (Lipinski definition) is 8. The van der Waals surface area contributed by atoms with Gasteiger partial charge in [0.2, 0.25) is 5.95 Å². The maximum Gasteiger partial charge on any atom is 0.224 e. The Hall–Kier alpha value is -2.70. The van der Waals surface area contributed by atoms with E-state index in [0.717, 1.165) is 18.4 Å². The van der Waals surface area contributed by atoms with E-state index < -0.39 is 9.84 Å². The summed E-state index contributed by atoms with van der Waals surface area (Å²) in [4.78, 5) is 9.00. The summed E-state index contributed by atoms with van der Waals surface area (Å²) in [6.45, 7) is 4.66. The second-order valence-electron chi connectivity index (χ2n) is 8.79. The minimum absolute atomic E-state index is 0.126. The molecule has 3 N–H and O–H groups in total. The number of nitrogens with zero attached hydrogens (tertiary/aromatic N) is 3. The van der Waals surface area contributed by atoms with Gasteiger partial charge in [0.25, 0.3) is 0 Å². The van der Waals surface area contributed by atoms with Crippen LogP contribution in [0.1, 0.15) is 44.2 Å². The van der Waals surface area contributed by atoms with Crippen molar-refractivity contribution in [3.63, 3.8) is 0 Å². The molecule has 1 saturated carbocycles. The fraction of sp³-hybridized carbons (Fsp3) is 0.500. The highest BCUT2D eigenvalue weighted by Crippen LogP contribution is 2.36. The molecular weight excluding hydrogens is 414 g/mol. The van der Waals surface area contributed by atoms with E-state index in [1.165, 1.54) is 12.5 Å². The summed E-state index contributed by atoms with van der Waals surface area (Å²) >= 11 is 0. The van der Waals surface area contributed by atoms with Gasteiger partial charge >= 0.3 is 0 Å². The molecule has 2 aromatic rings. The molecule has 166 valence electrons. The van der Waals surface area contributed by atoms with Crippen molar-refractivity contribution in [2.75, 3.05) is 23.4 Å². The largest absolute Gasteiger partial charge is 0.393 e. The van der Waals surface area contributed by atoms with Gasteiger partial charge in [-0.2, -0.15) is 10.2 Å². The molecule has 3 rings (SSSR count). The van der Waals surface area contributed by atoms with Crippen molar-refractivity contribution in [1.82, 2.24) is 9.97 Å². The lowest BCUT2D eigenvalue weighted by Crippen LogP contribution is -2.41. The van der Waals surface area contributed by atoms with E-state index in [-0.39, 0.29) is 17.6 Å². The highest BCUT2D eigenvalue weighted by Gasteiger charge is 2.35. The molecule has 0 aliphatic heterocycles. The highest BCUT2D eigenvalue weighted by molar-refractivity contribution is 7.90. The Morgan fingerprint density at radius 2 is 1.97 bits per heavy atom. The summed E-state index contributed by atoms with van der Waals surface area (Å²) in [5.41, 5.74) is 1.18. The maximum absolute atomic E-state index is 11.6. The lowest BCUT2D eigenvalue weighted by molar-refractivity contribution is 0.00926. The maximum atomic E-state index is 11.6. The molecule has 0 saturated heterocycles. The molecule has 0 amide bonds. The molecule has 1 aromatic heterocycles. The van der Waals surface area contributed by atoms with Crippen LogP contribution in [-0.2, 0) is 16.3 Å². The first-order valence-electron chi connectivity index (χ1n) is 10.3. The molecule has 1 aliphatic carbocycles. The second kappa shape index (κ2) is 9.20. The number of aromatic nitrogens is 2. The van der Waals surface area contributed by atoms with Crippen molar-refractivity contribution < 1.29 is 13.5 Å². The van der Waals surface area contributed by atoms with Crippen molar-refractivity contribution >= 4 is 21.6 Å². The summed E-state index contributed by atoms with van der Waals surface area (Å²) in [6.07, 6.45) is 5.34. The van der Waals surface area contributed by atoms with Gasteiger partial charge < -0.3 is 15.7 Å². The van der Waals surface area contributed by atoms with Crippen LogP contribution in [0.3, 0.4) is 0 Å². The zero-order chi connectivity index (χ0) is 22.6. The third kappa shape index (κ3) is 5.93. The molecular formula is C22H29N5O3S. The molecule has 0 spiro atoms. The Bertz CT molecular complexity index is 1060. The summed E-state index contributed by atoms with van der Waals surface area (Å²) in [6, 6.07) is 9.05. The predicted molar refractivity (Wildman–Crippen MR) is 120 cm³/mol. The molecule has 1 aromatic carbocycles. The summed E-state index contributed by atoms with van der Waals surface area (Å²) in [5.74, 6) is 0.916. The first-order valence-corrected chi connectivity index (χ1v) is 12.2. The van der Waals surface area contributed by atoms with Gasteiger partial charge in [-0.3, -0.25) is 0 Å². The van der Waals surface area contributed by atoms with Crippen molar-refractivity contribution in [3.05, 3.63) is 41.6 Å². The number of nitriles is 1. The number of aliphatic hydroxyl groups is 1. The quantitative estimate of drug-likeness (QED) is 0.596. The average molecular weight is 444 g/mol. The van der Waals surface area contributed by atoms with Crippen molar-refractivity contribution in [1.29, 1.82) is 5.26 Å². The lowest BCUT2D eigenvalue weighted by Gasteiger charge is -2.40. The van der Waals surface area contributed by atoms with E-state index in [0.29, 0.717) is 41.6 Å². The van der Waals surface area contributed by atoms with Crippen LogP contribution < -0.4 is 10.6 Å². The van der Waals surface area contributed by atoms with Gasteiger partial charge in [0.1, 0.15) is 17.5 Å². The van der Waals surface area contributed by atoms with Crippen molar-refractivity contribution in [3.8, 4) is 6.07 Å². The van der Waals surface area contributed by atoms with Gasteiger partial charge in [0, 0.05) is 18.8 Å². The molecule has 2 atom stereocenters. The number of aliphatic hydroxyl groups excluding tert-OH is 1. The number of hydrogen-bond donors (Lipinski definition) is 3. The average Bonchev–Trinajstić information content (AvgIpc) is 2.70. The van der Waals surface area contributed by atoms with E-state index in [1.54, 1.807) is 24.3 Å². The van der Waals surface area contributed by atoms with Gasteiger partial charge in [-0.05, 0) is 48.8 Å². The van der Waals surface area contributed by atoms with Crippen LogP contribution in [0.4, 0.5) is 11.8 Å². The molecule has 1 fully saturated rings. The molecule has 8 nitrogen and oxygen atoms in total. The fourth-order valence-electron chi connectivity index (χ4n) is 3.82. The number of benzene rings is 1. The zero-order valence-corrected chi connectivity index (χ0v) is 18.9. The van der Waals surface area contributed by atoms with Gasteiger partial charge in [0.05, 0.1) is 17.2 Å².